The van der Waals surface area contributed by atoms with Crippen LogP contribution in [0.1, 0.15) is 22.3 Å². The van der Waals surface area contributed by atoms with Crippen LogP contribution in [0.3, 0.4) is 0 Å². The largest absolute Gasteiger partial charge is 0.497 e. The van der Waals surface area contributed by atoms with Crippen molar-refractivity contribution in [3.05, 3.63) is 118 Å². The van der Waals surface area contributed by atoms with E-state index in [4.69, 9.17) is 21.1 Å². The summed E-state index contributed by atoms with van der Waals surface area (Å²) >= 11 is 6.11. The molecule has 0 aromatic heterocycles. The Hall–Kier alpha value is -3.70. The molecule has 0 bridgehead atoms. The molecule has 0 saturated carbocycles. The van der Waals surface area contributed by atoms with E-state index < -0.39 is 0 Å². The van der Waals surface area contributed by atoms with Gasteiger partial charge in [0.15, 0.2) is 0 Å². The number of hydrogen-bond donors (Lipinski definition) is 1. The normalized spacial score (nSPS) is 19.3. The number of ether oxygens (including phenoxy) is 2. The van der Waals surface area contributed by atoms with Crippen LogP contribution >= 0.6 is 11.6 Å². The minimum Gasteiger partial charge on any atom is -0.497 e. The maximum Gasteiger partial charge on any atom is 0.257 e. The van der Waals surface area contributed by atoms with Gasteiger partial charge in [0.05, 0.1) is 12.7 Å². The van der Waals surface area contributed by atoms with E-state index in [1.165, 1.54) is 0 Å². The Morgan fingerprint density at radius 2 is 1.83 bits per heavy atom. The van der Waals surface area contributed by atoms with Crippen LogP contribution in [0, 0.1) is 5.92 Å². The highest BCUT2D eigenvalue weighted by atomic mass is 35.5. The van der Waals surface area contributed by atoms with Crippen molar-refractivity contribution < 1.29 is 14.3 Å². The van der Waals surface area contributed by atoms with E-state index in [-0.39, 0.29) is 18.0 Å². The van der Waals surface area contributed by atoms with Gasteiger partial charge >= 0.3 is 0 Å². The van der Waals surface area contributed by atoms with Crippen LogP contribution in [0.4, 0.5) is 5.69 Å². The third-order valence-electron chi connectivity index (χ3n) is 6.38. The zero-order chi connectivity index (χ0) is 24.2. The number of carbonyl (C=O) groups excluding carboxylic acids is 1. The molecule has 3 aromatic rings. The maximum absolute atomic E-state index is 13.6. The Balaban J connectivity index is 1.44. The van der Waals surface area contributed by atoms with Crippen molar-refractivity contribution in [2.24, 2.45) is 5.92 Å². The Morgan fingerprint density at radius 1 is 1.03 bits per heavy atom. The highest BCUT2D eigenvalue weighted by molar-refractivity contribution is 6.30. The summed E-state index contributed by atoms with van der Waals surface area (Å²) in [5.41, 5.74) is 3.58. The molecule has 5 nitrogen and oxygen atoms in total. The SMILES string of the molecule is COC1=CCC(C2Nc3ccccc3C(=O)N2Cc2ccccc2)C=C1COc1cccc(Cl)c1. The number of fused-ring (bicyclic) bond motifs is 1. The molecule has 1 aliphatic carbocycles. The van der Waals surface area contributed by atoms with E-state index in [9.17, 15) is 4.79 Å². The summed E-state index contributed by atoms with van der Waals surface area (Å²) < 4.78 is 11.7. The molecule has 35 heavy (non-hydrogen) atoms. The summed E-state index contributed by atoms with van der Waals surface area (Å²) in [6.45, 7) is 0.859. The molecule has 1 aliphatic heterocycles. The second-order valence-electron chi connectivity index (χ2n) is 8.66. The van der Waals surface area contributed by atoms with Gasteiger partial charge in [0.2, 0.25) is 0 Å². The van der Waals surface area contributed by atoms with E-state index in [1.54, 1.807) is 13.2 Å². The first-order valence-corrected chi connectivity index (χ1v) is 12.0. The molecule has 1 N–H and O–H groups in total. The number of nitrogens with zero attached hydrogens (tertiary/aromatic N) is 1. The molecule has 0 radical (unpaired) electrons. The van der Waals surface area contributed by atoms with Crippen molar-refractivity contribution in [2.75, 3.05) is 19.0 Å². The average molecular weight is 487 g/mol. The van der Waals surface area contributed by atoms with Crippen LogP contribution in [-0.4, -0.2) is 30.7 Å². The number of hydrogen-bond acceptors (Lipinski definition) is 4. The average Bonchev–Trinajstić information content (AvgIpc) is 2.89. The van der Waals surface area contributed by atoms with Crippen LogP contribution in [0.5, 0.6) is 5.75 Å². The lowest BCUT2D eigenvalue weighted by atomic mass is 9.89. The van der Waals surface area contributed by atoms with Crippen LogP contribution < -0.4 is 10.1 Å². The van der Waals surface area contributed by atoms with E-state index in [0.717, 1.165) is 29.0 Å². The summed E-state index contributed by atoms with van der Waals surface area (Å²) in [5, 5.41) is 4.26. The lowest BCUT2D eigenvalue weighted by molar-refractivity contribution is 0.0625. The standard InChI is InChI=1S/C29H27ClN2O3/c1-34-27-15-14-21(16-22(27)19-35-24-11-7-10-23(30)17-24)28-31-26-13-6-5-12-25(26)29(33)32(28)18-20-8-3-2-4-9-20/h2-13,15-17,21,28,31H,14,18-19H2,1H3. The fourth-order valence-corrected chi connectivity index (χ4v) is 4.84. The molecule has 5 rings (SSSR count). The number of nitrogens with one attached hydrogen (secondary N) is 1. The summed E-state index contributed by atoms with van der Waals surface area (Å²) in [6, 6.07) is 25.1. The molecule has 2 atom stereocenters. The zero-order valence-electron chi connectivity index (χ0n) is 19.5. The fourth-order valence-electron chi connectivity index (χ4n) is 4.66. The molecule has 3 aromatic carbocycles. The zero-order valence-corrected chi connectivity index (χ0v) is 20.2. The Morgan fingerprint density at radius 3 is 2.63 bits per heavy atom. The van der Waals surface area contributed by atoms with Crippen LogP contribution in [0.15, 0.2) is 102 Å². The number of benzene rings is 3. The number of amides is 1. The van der Waals surface area contributed by atoms with E-state index >= 15 is 0 Å². The molecular weight excluding hydrogens is 460 g/mol. The first-order chi connectivity index (χ1) is 17.1. The van der Waals surface area contributed by atoms with Gasteiger partial charge in [0.25, 0.3) is 5.91 Å². The Kier molecular flexibility index (Phi) is 6.77. The van der Waals surface area contributed by atoms with Gasteiger partial charge < -0.3 is 19.7 Å². The van der Waals surface area contributed by atoms with Gasteiger partial charge in [-0.25, -0.2) is 0 Å². The number of para-hydroxylation sites is 1. The number of rotatable bonds is 7. The van der Waals surface area contributed by atoms with Crippen LogP contribution in [-0.2, 0) is 11.3 Å². The maximum atomic E-state index is 13.6. The van der Waals surface area contributed by atoms with Gasteiger partial charge in [-0.05, 0) is 48.4 Å². The van der Waals surface area contributed by atoms with Crippen LogP contribution in [0.25, 0.3) is 0 Å². The molecule has 1 amide bonds. The third-order valence-corrected chi connectivity index (χ3v) is 6.61. The molecule has 0 saturated heterocycles. The molecule has 0 spiro atoms. The van der Waals surface area contributed by atoms with Crippen LogP contribution in [0.2, 0.25) is 5.02 Å². The number of carbonyl (C=O) groups is 1. The van der Waals surface area contributed by atoms with Gasteiger partial charge in [-0.1, -0.05) is 66.2 Å². The highest BCUT2D eigenvalue weighted by Crippen LogP contribution is 2.35. The quantitative estimate of drug-likeness (QED) is 0.426. The van der Waals surface area contributed by atoms with E-state index in [0.29, 0.717) is 29.5 Å². The van der Waals surface area contributed by atoms with Crippen molar-refractivity contribution in [3.63, 3.8) is 0 Å². The highest BCUT2D eigenvalue weighted by Gasteiger charge is 2.37. The minimum atomic E-state index is -0.214. The van der Waals surface area contributed by atoms with Gasteiger partial charge in [0, 0.05) is 28.7 Å². The molecular formula is C29H27ClN2O3. The predicted molar refractivity (Wildman–Crippen MR) is 138 cm³/mol. The second-order valence-corrected chi connectivity index (χ2v) is 9.10. The fraction of sp³-hybridized carbons (Fsp3) is 0.207. The molecule has 0 fully saturated rings. The first-order valence-electron chi connectivity index (χ1n) is 11.7. The van der Waals surface area contributed by atoms with E-state index in [2.05, 4.69) is 29.6 Å². The van der Waals surface area contributed by atoms with Crippen molar-refractivity contribution in [3.8, 4) is 5.75 Å². The minimum absolute atomic E-state index is 0.0276. The lowest BCUT2D eigenvalue weighted by Crippen LogP contribution is -2.52. The smallest absolute Gasteiger partial charge is 0.257 e. The number of methoxy groups -OCH3 is 1. The Labute approximate surface area is 210 Å². The second kappa shape index (κ2) is 10.3. The predicted octanol–water partition coefficient (Wildman–Crippen LogP) is 6.29. The van der Waals surface area contributed by atoms with Crippen molar-refractivity contribution in [1.29, 1.82) is 0 Å². The topological polar surface area (TPSA) is 50.8 Å². The Bertz CT molecular complexity index is 1270. The molecule has 6 heteroatoms. The first kappa shape index (κ1) is 23.1. The van der Waals surface area contributed by atoms with Crippen molar-refractivity contribution >= 4 is 23.2 Å². The number of allylic oxidation sites excluding steroid dienone is 1. The molecule has 2 aliphatic rings. The molecule has 2 unspecified atom stereocenters. The lowest BCUT2D eigenvalue weighted by Gasteiger charge is -2.42. The van der Waals surface area contributed by atoms with Crippen molar-refractivity contribution in [2.45, 2.75) is 19.1 Å². The number of anilines is 1. The summed E-state index contributed by atoms with van der Waals surface area (Å²) in [6.07, 6.45) is 4.77. The van der Waals surface area contributed by atoms with Gasteiger partial charge in [0.1, 0.15) is 24.3 Å². The summed E-state index contributed by atoms with van der Waals surface area (Å²) in [7, 11) is 1.67. The van der Waals surface area contributed by atoms with Gasteiger partial charge in [-0.3, -0.25) is 4.79 Å². The monoisotopic (exact) mass is 486 g/mol. The number of halogens is 1. The summed E-state index contributed by atoms with van der Waals surface area (Å²) in [4.78, 5) is 15.5. The molecule has 178 valence electrons. The van der Waals surface area contributed by atoms with Gasteiger partial charge in [-0.15, -0.1) is 0 Å². The van der Waals surface area contributed by atoms with Gasteiger partial charge in [-0.2, -0.15) is 0 Å². The molecule has 1 heterocycles. The van der Waals surface area contributed by atoms with Crippen molar-refractivity contribution in [1.82, 2.24) is 4.90 Å². The van der Waals surface area contributed by atoms with E-state index in [1.807, 2.05) is 65.6 Å². The summed E-state index contributed by atoms with van der Waals surface area (Å²) in [5.74, 6) is 1.55. The third kappa shape index (κ3) is 5.05.